The Morgan fingerprint density at radius 2 is 2.08 bits per heavy atom. The van der Waals surface area contributed by atoms with Crippen LogP contribution in [0.2, 0.25) is 0 Å². The van der Waals surface area contributed by atoms with Gasteiger partial charge in [-0.05, 0) is 6.42 Å². The molecule has 0 saturated heterocycles. The summed E-state index contributed by atoms with van der Waals surface area (Å²) in [7, 11) is 0. The van der Waals surface area contributed by atoms with E-state index in [4.69, 9.17) is 11.5 Å². The third kappa shape index (κ3) is 4.14. The monoisotopic (exact) mass is 205 g/mol. The maximum atomic E-state index is 11.2. The van der Waals surface area contributed by atoms with Gasteiger partial charge in [0.05, 0.1) is 6.04 Å². The molecule has 0 aromatic heterocycles. The lowest BCUT2D eigenvalue weighted by molar-refractivity contribution is -0.127. The van der Waals surface area contributed by atoms with E-state index in [0.717, 1.165) is 0 Å². The van der Waals surface area contributed by atoms with Gasteiger partial charge in [0.25, 0.3) is 0 Å². The van der Waals surface area contributed by atoms with Gasteiger partial charge in [-0.15, -0.1) is 0 Å². The number of nitrogens with one attached hydrogen (secondary N) is 1. The number of carbonyl (C=O) groups excluding carboxylic acids is 2. The van der Waals surface area contributed by atoms with Crippen molar-refractivity contribution in [2.45, 2.75) is 25.4 Å². The van der Waals surface area contributed by atoms with Crippen molar-refractivity contribution in [1.29, 1.82) is 0 Å². The van der Waals surface area contributed by atoms with E-state index in [0.29, 0.717) is 6.42 Å². The van der Waals surface area contributed by atoms with Crippen LogP contribution in [0, 0.1) is 0 Å². The summed E-state index contributed by atoms with van der Waals surface area (Å²) in [4.78, 5) is 21.9. The highest BCUT2D eigenvalue weighted by Crippen LogP contribution is 1.91. The summed E-state index contributed by atoms with van der Waals surface area (Å²) in [5, 5.41) is 2.43. The summed E-state index contributed by atoms with van der Waals surface area (Å²) in [5.74, 6) is -0.719. The first-order chi connectivity index (χ1) is 6.02. The van der Waals surface area contributed by atoms with Gasteiger partial charge in [-0.25, -0.2) is 0 Å². The number of thiol groups is 1. The Kier molecular flexibility index (Phi) is 5.48. The van der Waals surface area contributed by atoms with Gasteiger partial charge < -0.3 is 16.8 Å². The van der Waals surface area contributed by atoms with Gasteiger partial charge in [-0.1, -0.05) is 6.92 Å². The highest BCUT2D eigenvalue weighted by molar-refractivity contribution is 7.80. The zero-order valence-electron chi connectivity index (χ0n) is 7.49. The lowest BCUT2D eigenvalue weighted by Crippen LogP contribution is -2.50. The van der Waals surface area contributed by atoms with Crippen molar-refractivity contribution in [3.05, 3.63) is 0 Å². The van der Waals surface area contributed by atoms with Crippen LogP contribution in [0.1, 0.15) is 13.3 Å². The van der Waals surface area contributed by atoms with Gasteiger partial charge in [-0.3, -0.25) is 9.59 Å². The molecular formula is C7H15N3O2S. The third-order valence-electron chi connectivity index (χ3n) is 1.60. The van der Waals surface area contributed by atoms with Crippen LogP contribution in [0.4, 0.5) is 0 Å². The lowest BCUT2D eigenvalue weighted by atomic mass is 10.2. The molecule has 0 aliphatic rings. The Morgan fingerprint density at radius 1 is 1.54 bits per heavy atom. The number of carbonyl (C=O) groups is 2. The van der Waals surface area contributed by atoms with Crippen LogP contribution in [0.15, 0.2) is 0 Å². The van der Waals surface area contributed by atoms with Crippen LogP contribution in [0.25, 0.3) is 0 Å². The minimum absolute atomic E-state index is 0.237. The van der Waals surface area contributed by atoms with Gasteiger partial charge in [0.1, 0.15) is 6.04 Å². The molecule has 0 aromatic rings. The predicted molar refractivity (Wildman–Crippen MR) is 53.2 cm³/mol. The first kappa shape index (κ1) is 12.2. The fourth-order valence-electron chi connectivity index (χ4n) is 0.736. The van der Waals surface area contributed by atoms with E-state index in [1.165, 1.54) is 0 Å². The molecule has 0 radical (unpaired) electrons. The van der Waals surface area contributed by atoms with E-state index in [-0.39, 0.29) is 5.75 Å². The molecule has 0 aliphatic carbocycles. The normalized spacial score (nSPS) is 14.7. The topological polar surface area (TPSA) is 98.2 Å². The molecule has 0 saturated carbocycles. The van der Waals surface area contributed by atoms with Crippen molar-refractivity contribution in [2.24, 2.45) is 11.5 Å². The first-order valence-electron chi connectivity index (χ1n) is 3.99. The molecule has 0 aliphatic heterocycles. The van der Waals surface area contributed by atoms with Crippen LogP contribution >= 0.6 is 12.6 Å². The van der Waals surface area contributed by atoms with Crippen molar-refractivity contribution in [3.63, 3.8) is 0 Å². The van der Waals surface area contributed by atoms with Gasteiger partial charge >= 0.3 is 0 Å². The van der Waals surface area contributed by atoms with Crippen LogP contribution in [-0.4, -0.2) is 29.7 Å². The molecule has 2 atom stereocenters. The summed E-state index contributed by atoms with van der Waals surface area (Å²) >= 11 is 3.86. The Hall–Kier alpha value is -0.750. The maximum absolute atomic E-state index is 11.2. The average Bonchev–Trinajstić information content (AvgIpc) is 2.11. The fourth-order valence-corrected chi connectivity index (χ4v) is 0.902. The molecule has 0 spiro atoms. The fraction of sp³-hybridized carbons (Fsp3) is 0.714. The molecule has 0 unspecified atom stereocenters. The van der Waals surface area contributed by atoms with Gasteiger partial charge in [0.2, 0.25) is 11.8 Å². The predicted octanol–water partition coefficient (Wildman–Crippen LogP) is -1.38. The number of primary amides is 1. The number of nitrogens with two attached hydrogens (primary N) is 2. The number of hydrogen-bond acceptors (Lipinski definition) is 4. The quantitative estimate of drug-likeness (QED) is 0.416. The van der Waals surface area contributed by atoms with Gasteiger partial charge in [-0.2, -0.15) is 12.6 Å². The second-order valence-corrected chi connectivity index (χ2v) is 3.03. The minimum Gasteiger partial charge on any atom is -0.368 e. The number of amides is 2. The largest absolute Gasteiger partial charge is 0.368 e. The summed E-state index contributed by atoms with van der Waals surface area (Å²) < 4.78 is 0. The summed E-state index contributed by atoms with van der Waals surface area (Å²) in [6.45, 7) is 1.75. The molecular weight excluding hydrogens is 190 g/mol. The molecule has 5 nitrogen and oxygen atoms in total. The standard InChI is InChI=1S/C7H15N3O2S/c1-2-5(6(9)11)10-7(12)4(8)3-13/h4-5,13H,2-3,8H2,1H3,(H2,9,11)(H,10,12)/t4-,5-/m0/s1. The second kappa shape index (κ2) is 5.82. The van der Waals surface area contributed by atoms with Crippen molar-refractivity contribution < 1.29 is 9.59 Å². The minimum atomic E-state index is -0.697. The second-order valence-electron chi connectivity index (χ2n) is 2.66. The van der Waals surface area contributed by atoms with Crippen molar-refractivity contribution in [1.82, 2.24) is 5.32 Å². The van der Waals surface area contributed by atoms with Gasteiger partial charge in [0.15, 0.2) is 0 Å². The Morgan fingerprint density at radius 3 is 2.38 bits per heavy atom. The summed E-state index contributed by atoms with van der Waals surface area (Å²) in [6.07, 6.45) is 0.459. The summed E-state index contributed by atoms with van der Waals surface area (Å²) in [5.41, 5.74) is 10.4. The summed E-state index contributed by atoms with van der Waals surface area (Å²) in [6, 6.07) is -1.34. The highest BCUT2D eigenvalue weighted by Gasteiger charge is 2.18. The highest BCUT2D eigenvalue weighted by atomic mass is 32.1. The Labute approximate surface area is 82.6 Å². The third-order valence-corrected chi connectivity index (χ3v) is 2.00. The number of rotatable bonds is 5. The van der Waals surface area contributed by atoms with Crippen molar-refractivity contribution >= 4 is 24.4 Å². The zero-order valence-corrected chi connectivity index (χ0v) is 8.38. The lowest BCUT2D eigenvalue weighted by Gasteiger charge is -2.15. The molecule has 0 heterocycles. The van der Waals surface area contributed by atoms with E-state index >= 15 is 0 Å². The SMILES string of the molecule is CC[C@H](NC(=O)[C@@H](N)CS)C(N)=O. The van der Waals surface area contributed by atoms with Crippen LogP contribution < -0.4 is 16.8 Å². The van der Waals surface area contributed by atoms with Crippen LogP contribution in [0.3, 0.4) is 0 Å². The van der Waals surface area contributed by atoms with E-state index in [9.17, 15) is 9.59 Å². The molecule has 5 N–H and O–H groups in total. The van der Waals surface area contributed by atoms with Gasteiger partial charge in [0, 0.05) is 5.75 Å². The van der Waals surface area contributed by atoms with E-state index in [1.807, 2.05) is 0 Å². The molecule has 6 heteroatoms. The van der Waals surface area contributed by atoms with E-state index in [2.05, 4.69) is 17.9 Å². The van der Waals surface area contributed by atoms with Crippen LogP contribution in [-0.2, 0) is 9.59 Å². The van der Waals surface area contributed by atoms with E-state index < -0.39 is 23.9 Å². The Bertz CT molecular complexity index is 198. The van der Waals surface area contributed by atoms with Crippen molar-refractivity contribution in [3.8, 4) is 0 Å². The smallest absolute Gasteiger partial charge is 0.239 e. The first-order valence-corrected chi connectivity index (χ1v) is 4.62. The number of hydrogen-bond donors (Lipinski definition) is 4. The molecule has 76 valence electrons. The molecule has 13 heavy (non-hydrogen) atoms. The average molecular weight is 205 g/mol. The molecule has 2 amide bonds. The maximum Gasteiger partial charge on any atom is 0.239 e. The molecule has 0 bridgehead atoms. The van der Waals surface area contributed by atoms with E-state index in [1.54, 1.807) is 6.92 Å². The molecule has 0 fully saturated rings. The van der Waals surface area contributed by atoms with Crippen molar-refractivity contribution in [2.75, 3.05) is 5.75 Å². The zero-order chi connectivity index (χ0) is 10.4. The van der Waals surface area contributed by atoms with Crippen LogP contribution in [0.5, 0.6) is 0 Å². The Balaban J connectivity index is 4.09. The molecule has 0 aromatic carbocycles. The molecule has 0 rings (SSSR count).